The Bertz CT molecular complexity index is 902. The van der Waals surface area contributed by atoms with Gasteiger partial charge < -0.3 is 10.1 Å². The van der Waals surface area contributed by atoms with Crippen molar-refractivity contribution in [3.8, 4) is 28.3 Å². The molecule has 0 saturated heterocycles. The Morgan fingerprint density at radius 2 is 1.68 bits per heavy atom. The number of carbonyl (C=O) groups excluding carboxylic acids is 1. The van der Waals surface area contributed by atoms with Crippen molar-refractivity contribution in [2.24, 2.45) is 0 Å². The van der Waals surface area contributed by atoms with Crippen LogP contribution in [0.2, 0.25) is 0 Å². The van der Waals surface area contributed by atoms with Gasteiger partial charge in [0.2, 0.25) is 5.91 Å². The number of hydrogen-bond acceptors (Lipinski definition) is 3. The van der Waals surface area contributed by atoms with E-state index in [1.165, 1.54) is 6.08 Å². The molecule has 0 atom stereocenters. The normalized spacial score (nSPS) is 10.1. The van der Waals surface area contributed by atoms with E-state index in [4.69, 9.17) is 9.72 Å². The van der Waals surface area contributed by atoms with Crippen LogP contribution in [0.4, 0.5) is 5.69 Å². The number of amides is 1. The first-order valence-corrected chi connectivity index (χ1v) is 7.85. The number of hydrogen-bond donors (Lipinski definition) is 1. The Hall–Kier alpha value is -3.40. The molecule has 1 aromatic heterocycles. The van der Waals surface area contributed by atoms with Crippen LogP contribution in [0.25, 0.3) is 22.5 Å². The summed E-state index contributed by atoms with van der Waals surface area (Å²) in [5, 5.41) is 2.76. The fourth-order valence-electron chi connectivity index (χ4n) is 2.47. The van der Waals surface area contributed by atoms with E-state index in [9.17, 15) is 4.79 Å². The molecule has 25 heavy (non-hydrogen) atoms. The van der Waals surface area contributed by atoms with Crippen LogP contribution in [0, 0.1) is 0 Å². The van der Waals surface area contributed by atoms with Crippen molar-refractivity contribution in [3.05, 3.63) is 79.4 Å². The first-order chi connectivity index (χ1) is 12.2. The van der Waals surface area contributed by atoms with Crippen LogP contribution in [0.3, 0.4) is 0 Å². The highest BCUT2D eigenvalue weighted by Crippen LogP contribution is 2.25. The summed E-state index contributed by atoms with van der Waals surface area (Å²) in [6.07, 6.45) is 1.25. The van der Waals surface area contributed by atoms with Crippen LogP contribution >= 0.6 is 0 Å². The molecule has 0 aliphatic heterocycles. The van der Waals surface area contributed by atoms with E-state index < -0.39 is 0 Å². The van der Waals surface area contributed by atoms with Crippen LogP contribution in [-0.2, 0) is 4.79 Å². The predicted octanol–water partition coefficient (Wildman–Crippen LogP) is 4.55. The molecule has 2 aromatic carbocycles. The minimum atomic E-state index is -0.239. The summed E-state index contributed by atoms with van der Waals surface area (Å²) in [6, 6.07) is 21.2. The van der Waals surface area contributed by atoms with Crippen molar-refractivity contribution in [1.82, 2.24) is 4.98 Å². The van der Waals surface area contributed by atoms with Gasteiger partial charge in [0.1, 0.15) is 5.75 Å². The summed E-state index contributed by atoms with van der Waals surface area (Å²) < 4.78 is 5.19. The van der Waals surface area contributed by atoms with Crippen molar-refractivity contribution in [2.45, 2.75) is 0 Å². The number of nitrogens with one attached hydrogen (secondary N) is 1. The van der Waals surface area contributed by atoms with Gasteiger partial charge in [0.25, 0.3) is 0 Å². The summed E-state index contributed by atoms with van der Waals surface area (Å²) in [5.74, 6) is 0.572. The number of carbonyl (C=O) groups is 1. The number of nitrogens with zero attached hydrogens (tertiary/aromatic N) is 1. The Morgan fingerprint density at radius 1 is 1.00 bits per heavy atom. The lowest BCUT2D eigenvalue weighted by atomic mass is 10.1. The van der Waals surface area contributed by atoms with E-state index in [-0.39, 0.29) is 5.91 Å². The van der Waals surface area contributed by atoms with Crippen molar-refractivity contribution in [1.29, 1.82) is 0 Å². The number of ether oxygens (including phenoxy) is 1. The van der Waals surface area contributed by atoms with Gasteiger partial charge in [0.15, 0.2) is 0 Å². The second-order valence-electron chi connectivity index (χ2n) is 5.41. The first-order valence-electron chi connectivity index (χ1n) is 7.85. The standard InChI is InChI=1S/C21H18N2O2/c1-3-21(24)22-17-7-4-6-16(14-17)20-9-5-8-19(23-20)15-10-12-18(25-2)13-11-15/h3-14H,1H2,2H3,(H,22,24). The number of pyridine rings is 1. The molecule has 124 valence electrons. The van der Waals surface area contributed by atoms with E-state index >= 15 is 0 Å². The smallest absolute Gasteiger partial charge is 0.247 e. The average Bonchev–Trinajstić information content (AvgIpc) is 2.68. The van der Waals surface area contributed by atoms with Crippen molar-refractivity contribution in [2.75, 3.05) is 12.4 Å². The topological polar surface area (TPSA) is 51.2 Å². The van der Waals surface area contributed by atoms with Crippen LogP contribution < -0.4 is 10.1 Å². The van der Waals surface area contributed by atoms with E-state index in [1.807, 2.05) is 66.7 Å². The maximum atomic E-state index is 11.5. The van der Waals surface area contributed by atoms with Gasteiger partial charge in [-0.3, -0.25) is 4.79 Å². The van der Waals surface area contributed by atoms with Crippen LogP contribution in [0.15, 0.2) is 79.4 Å². The maximum absolute atomic E-state index is 11.5. The molecule has 0 radical (unpaired) electrons. The highest BCUT2D eigenvalue weighted by atomic mass is 16.5. The Kier molecular flexibility index (Phi) is 4.90. The Morgan fingerprint density at radius 3 is 2.36 bits per heavy atom. The quantitative estimate of drug-likeness (QED) is 0.698. The van der Waals surface area contributed by atoms with Gasteiger partial charge in [-0.2, -0.15) is 0 Å². The molecule has 1 N–H and O–H groups in total. The SMILES string of the molecule is C=CC(=O)Nc1cccc(-c2cccc(-c3ccc(OC)cc3)n2)c1. The third-order valence-electron chi connectivity index (χ3n) is 3.75. The van der Waals surface area contributed by atoms with Gasteiger partial charge in [0, 0.05) is 16.8 Å². The molecule has 3 aromatic rings. The molecule has 3 rings (SSSR count). The van der Waals surface area contributed by atoms with Crippen LogP contribution in [-0.4, -0.2) is 18.0 Å². The van der Waals surface area contributed by atoms with Gasteiger partial charge in [-0.25, -0.2) is 4.98 Å². The summed E-state index contributed by atoms with van der Waals surface area (Å²) in [6.45, 7) is 3.46. The molecule has 4 nitrogen and oxygen atoms in total. The lowest BCUT2D eigenvalue weighted by molar-refractivity contribution is -0.111. The average molecular weight is 330 g/mol. The zero-order chi connectivity index (χ0) is 17.6. The fourth-order valence-corrected chi connectivity index (χ4v) is 2.47. The van der Waals surface area contributed by atoms with E-state index in [1.54, 1.807) is 7.11 Å². The van der Waals surface area contributed by atoms with E-state index in [0.29, 0.717) is 5.69 Å². The number of aromatic nitrogens is 1. The highest BCUT2D eigenvalue weighted by molar-refractivity contribution is 5.99. The van der Waals surface area contributed by atoms with Crippen LogP contribution in [0.5, 0.6) is 5.75 Å². The first kappa shape index (κ1) is 16.5. The monoisotopic (exact) mass is 330 g/mol. The zero-order valence-corrected chi connectivity index (χ0v) is 13.9. The molecule has 4 heteroatoms. The molecule has 0 fully saturated rings. The summed E-state index contributed by atoms with van der Waals surface area (Å²) in [4.78, 5) is 16.2. The largest absolute Gasteiger partial charge is 0.497 e. The third-order valence-corrected chi connectivity index (χ3v) is 3.75. The summed E-state index contributed by atoms with van der Waals surface area (Å²) in [5.41, 5.74) is 4.36. The van der Waals surface area contributed by atoms with Crippen molar-refractivity contribution < 1.29 is 9.53 Å². The molecular weight excluding hydrogens is 312 g/mol. The van der Waals surface area contributed by atoms with Gasteiger partial charge in [-0.15, -0.1) is 0 Å². The predicted molar refractivity (Wildman–Crippen MR) is 100 cm³/mol. The van der Waals surface area contributed by atoms with Crippen molar-refractivity contribution in [3.63, 3.8) is 0 Å². The van der Waals surface area contributed by atoms with E-state index in [2.05, 4.69) is 11.9 Å². The molecule has 0 bridgehead atoms. The van der Waals surface area contributed by atoms with E-state index in [0.717, 1.165) is 28.3 Å². The minimum absolute atomic E-state index is 0.239. The highest BCUT2D eigenvalue weighted by Gasteiger charge is 2.05. The maximum Gasteiger partial charge on any atom is 0.247 e. The van der Waals surface area contributed by atoms with Crippen LogP contribution in [0.1, 0.15) is 0 Å². The fraction of sp³-hybridized carbons (Fsp3) is 0.0476. The molecule has 1 amide bonds. The molecule has 0 unspecified atom stereocenters. The number of rotatable bonds is 5. The summed E-state index contributed by atoms with van der Waals surface area (Å²) >= 11 is 0. The second-order valence-corrected chi connectivity index (χ2v) is 5.41. The van der Waals surface area contributed by atoms with Gasteiger partial charge >= 0.3 is 0 Å². The molecule has 0 aliphatic carbocycles. The molecular formula is C21H18N2O2. The molecule has 0 saturated carbocycles. The van der Waals surface area contributed by atoms with Gasteiger partial charge in [-0.05, 0) is 54.6 Å². The number of methoxy groups -OCH3 is 1. The van der Waals surface area contributed by atoms with Gasteiger partial charge in [-0.1, -0.05) is 24.8 Å². The van der Waals surface area contributed by atoms with Gasteiger partial charge in [0.05, 0.1) is 18.5 Å². The molecule has 0 aliphatic rings. The lowest BCUT2D eigenvalue weighted by Crippen LogP contribution is -2.07. The Labute approximate surface area is 146 Å². The third kappa shape index (κ3) is 3.93. The number of anilines is 1. The lowest BCUT2D eigenvalue weighted by Gasteiger charge is -2.08. The Balaban J connectivity index is 1.92. The van der Waals surface area contributed by atoms with Crippen molar-refractivity contribution >= 4 is 11.6 Å². The second kappa shape index (κ2) is 7.45. The molecule has 0 spiro atoms. The minimum Gasteiger partial charge on any atom is -0.497 e. The summed E-state index contributed by atoms with van der Waals surface area (Å²) in [7, 11) is 1.64. The number of benzene rings is 2. The zero-order valence-electron chi connectivity index (χ0n) is 13.9. The molecule has 1 heterocycles.